The summed E-state index contributed by atoms with van der Waals surface area (Å²) in [5.41, 5.74) is 12.9. The third-order valence-corrected chi connectivity index (χ3v) is 5.01. The number of hydrogen-bond donors (Lipinski definition) is 4. The number of hydrogen-bond acceptors (Lipinski definition) is 5. The molecule has 5 N–H and O–H groups in total. The lowest BCUT2D eigenvalue weighted by molar-refractivity contribution is 0.102. The Labute approximate surface area is 192 Å². The summed E-state index contributed by atoms with van der Waals surface area (Å²) in [6, 6.07) is 24.9. The second kappa shape index (κ2) is 9.74. The van der Waals surface area contributed by atoms with Crippen LogP contribution in [0.1, 0.15) is 28.5 Å². The van der Waals surface area contributed by atoms with Crippen LogP contribution in [0.25, 0.3) is 10.9 Å². The minimum absolute atomic E-state index is 0.225. The molecule has 0 spiro atoms. The van der Waals surface area contributed by atoms with Crippen molar-refractivity contribution in [1.82, 2.24) is 10.4 Å². The Morgan fingerprint density at radius 1 is 1.06 bits per heavy atom. The maximum atomic E-state index is 12.7. The summed E-state index contributed by atoms with van der Waals surface area (Å²) in [6.07, 6.45) is 0. The Kier molecular flexibility index (Phi) is 6.40. The number of H-pyrrole nitrogens is 1. The van der Waals surface area contributed by atoms with Crippen LogP contribution in [0.3, 0.4) is 0 Å². The zero-order valence-corrected chi connectivity index (χ0v) is 18.3. The number of amides is 1. The number of rotatable bonds is 8. The van der Waals surface area contributed by atoms with Crippen LogP contribution < -0.4 is 21.2 Å². The van der Waals surface area contributed by atoms with Crippen LogP contribution in [0, 0.1) is 0 Å². The number of aromatic nitrogens is 1. The molecule has 3 aromatic carbocycles. The summed E-state index contributed by atoms with van der Waals surface area (Å²) < 4.78 is 5.89. The molecule has 0 aliphatic carbocycles. The van der Waals surface area contributed by atoms with Crippen molar-refractivity contribution < 1.29 is 9.53 Å². The predicted octanol–water partition coefficient (Wildman–Crippen LogP) is 4.74. The molecule has 0 saturated carbocycles. The molecule has 1 amide bonds. The molecule has 0 unspecified atom stereocenters. The monoisotopic (exact) mass is 439 g/mol. The number of carbonyl (C=O) groups excluding carboxylic acids is 1. The smallest absolute Gasteiger partial charge is 0.272 e. The second-order valence-corrected chi connectivity index (χ2v) is 7.57. The van der Waals surface area contributed by atoms with E-state index in [1.54, 1.807) is 0 Å². The van der Waals surface area contributed by atoms with Crippen molar-refractivity contribution in [2.45, 2.75) is 13.5 Å². The number of benzene rings is 3. The van der Waals surface area contributed by atoms with E-state index in [9.17, 15) is 4.79 Å². The van der Waals surface area contributed by atoms with Crippen molar-refractivity contribution in [2.24, 2.45) is 10.8 Å². The van der Waals surface area contributed by atoms with Gasteiger partial charge in [-0.3, -0.25) is 10.2 Å². The van der Waals surface area contributed by atoms with E-state index < -0.39 is 0 Å². The fourth-order valence-electron chi connectivity index (χ4n) is 3.28. The molecule has 0 aliphatic rings. The van der Waals surface area contributed by atoms with Crippen molar-refractivity contribution in [3.8, 4) is 5.75 Å². The number of fused-ring (bicyclic) bond motifs is 1. The summed E-state index contributed by atoms with van der Waals surface area (Å²) in [4.78, 5) is 15.9. The third kappa shape index (κ3) is 5.59. The van der Waals surface area contributed by atoms with Gasteiger partial charge < -0.3 is 20.8 Å². The highest BCUT2D eigenvalue weighted by Gasteiger charge is 2.11. The Bertz CT molecular complexity index is 1310. The molecular formula is C26H25N5O2. The summed E-state index contributed by atoms with van der Waals surface area (Å²) in [6.45, 7) is 5.88. The van der Waals surface area contributed by atoms with E-state index in [0.717, 1.165) is 33.5 Å². The van der Waals surface area contributed by atoms with E-state index in [1.165, 1.54) is 0 Å². The Morgan fingerprint density at radius 2 is 1.82 bits per heavy atom. The number of aromatic amines is 1. The van der Waals surface area contributed by atoms with Gasteiger partial charge in [0.1, 0.15) is 23.9 Å². The van der Waals surface area contributed by atoms with Crippen LogP contribution in [0.2, 0.25) is 0 Å². The number of nitrogens with one attached hydrogen (secondary N) is 3. The van der Waals surface area contributed by atoms with Crippen molar-refractivity contribution in [2.75, 3.05) is 5.32 Å². The maximum absolute atomic E-state index is 12.7. The SMILES string of the molecule is C=C(N)N/N=C(/C)c1ccc(NC(=O)c2cc3cc(OCc4ccccc4)ccc3[nH]2)cc1. The topological polar surface area (TPSA) is 105 Å². The minimum Gasteiger partial charge on any atom is -0.489 e. The van der Waals surface area contributed by atoms with Crippen LogP contribution in [-0.2, 0) is 6.61 Å². The number of anilines is 1. The number of ether oxygens (including phenoxy) is 1. The Morgan fingerprint density at radius 3 is 2.55 bits per heavy atom. The molecular weight excluding hydrogens is 414 g/mol. The lowest BCUT2D eigenvalue weighted by Gasteiger charge is -2.06. The van der Waals surface area contributed by atoms with Gasteiger partial charge in [0, 0.05) is 16.6 Å². The molecule has 0 bridgehead atoms. The van der Waals surface area contributed by atoms with Gasteiger partial charge in [0.15, 0.2) is 0 Å². The summed E-state index contributed by atoms with van der Waals surface area (Å²) in [7, 11) is 0. The zero-order chi connectivity index (χ0) is 23.2. The molecule has 0 saturated heterocycles. The van der Waals surface area contributed by atoms with Gasteiger partial charge >= 0.3 is 0 Å². The van der Waals surface area contributed by atoms with Gasteiger partial charge in [-0.2, -0.15) is 5.10 Å². The number of nitrogens with two attached hydrogens (primary N) is 1. The van der Waals surface area contributed by atoms with Crippen LogP contribution in [0.15, 0.2) is 96.4 Å². The summed E-state index contributed by atoms with van der Waals surface area (Å²) >= 11 is 0. The number of nitrogens with zero attached hydrogens (tertiary/aromatic N) is 1. The molecule has 166 valence electrons. The van der Waals surface area contributed by atoms with Crippen LogP contribution in [0.5, 0.6) is 5.75 Å². The van der Waals surface area contributed by atoms with Crippen LogP contribution in [-0.4, -0.2) is 16.6 Å². The van der Waals surface area contributed by atoms with E-state index in [4.69, 9.17) is 10.5 Å². The summed E-state index contributed by atoms with van der Waals surface area (Å²) in [5.74, 6) is 0.793. The molecule has 7 heteroatoms. The minimum atomic E-state index is -0.225. The molecule has 0 aliphatic heterocycles. The zero-order valence-electron chi connectivity index (χ0n) is 18.3. The second-order valence-electron chi connectivity index (χ2n) is 7.57. The molecule has 4 rings (SSSR count). The highest BCUT2D eigenvalue weighted by Crippen LogP contribution is 2.23. The van der Waals surface area contributed by atoms with E-state index in [2.05, 4.69) is 27.4 Å². The van der Waals surface area contributed by atoms with Gasteiger partial charge in [-0.1, -0.05) is 49.0 Å². The first-order valence-corrected chi connectivity index (χ1v) is 10.4. The van der Waals surface area contributed by atoms with Crippen molar-refractivity contribution in [3.05, 3.63) is 108 Å². The average molecular weight is 440 g/mol. The van der Waals surface area contributed by atoms with Crippen LogP contribution in [0.4, 0.5) is 5.69 Å². The van der Waals surface area contributed by atoms with E-state index in [1.807, 2.05) is 85.8 Å². The Balaban J connectivity index is 1.41. The van der Waals surface area contributed by atoms with Gasteiger partial charge in [0.05, 0.1) is 5.71 Å². The fraction of sp³-hybridized carbons (Fsp3) is 0.0769. The first-order chi connectivity index (χ1) is 16.0. The van der Waals surface area contributed by atoms with Crippen molar-refractivity contribution in [1.29, 1.82) is 0 Å². The number of carbonyl (C=O) groups is 1. The highest BCUT2D eigenvalue weighted by atomic mass is 16.5. The fourth-order valence-corrected chi connectivity index (χ4v) is 3.28. The van der Waals surface area contributed by atoms with Crippen LogP contribution >= 0.6 is 0 Å². The van der Waals surface area contributed by atoms with E-state index >= 15 is 0 Å². The number of hydrazone groups is 1. The molecule has 0 atom stereocenters. The van der Waals surface area contributed by atoms with Crippen molar-refractivity contribution in [3.63, 3.8) is 0 Å². The first kappa shape index (κ1) is 21.7. The lowest BCUT2D eigenvalue weighted by atomic mass is 10.1. The molecule has 1 heterocycles. The van der Waals surface area contributed by atoms with E-state index in [-0.39, 0.29) is 11.7 Å². The molecule has 7 nitrogen and oxygen atoms in total. The predicted molar refractivity (Wildman–Crippen MR) is 132 cm³/mol. The van der Waals surface area contributed by atoms with E-state index in [0.29, 0.717) is 18.0 Å². The standard InChI is InChI=1S/C26H25N5O2/c1-17(30-31-18(2)27)20-8-10-22(11-9-20)28-26(32)25-15-21-14-23(12-13-24(21)29-25)33-16-19-6-4-3-5-7-19/h3-15,29,31H,2,16,27H2,1H3,(H,28,32)/b30-17-. The van der Waals surface area contributed by atoms with Gasteiger partial charge in [-0.25, -0.2) is 0 Å². The van der Waals surface area contributed by atoms with Gasteiger partial charge in [0.25, 0.3) is 5.91 Å². The molecule has 0 radical (unpaired) electrons. The van der Waals surface area contributed by atoms with Crippen molar-refractivity contribution >= 4 is 28.2 Å². The normalized spacial score (nSPS) is 11.2. The maximum Gasteiger partial charge on any atom is 0.272 e. The first-order valence-electron chi connectivity index (χ1n) is 10.4. The Hall–Kier alpha value is -4.52. The van der Waals surface area contributed by atoms with Gasteiger partial charge in [-0.15, -0.1) is 0 Å². The quantitative estimate of drug-likeness (QED) is 0.235. The largest absolute Gasteiger partial charge is 0.489 e. The molecule has 33 heavy (non-hydrogen) atoms. The molecule has 1 aromatic heterocycles. The molecule has 0 fully saturated rings. The summed E-state index contributed by atoms with van der Waals surface area (Å²) in [5, 5.41) is 7.94. The lowest BCUT2D eigenvalue weighted by Crippen LogP contribution is -2.15. The average Bonchev–Trinajstić information content (AvgIpc) is 3.26. The van der Waals surface area contributed by atoms with Gasteiger partial charge in [0.2, 0.25) is 0 Å². The third-order valence-electron chi connectivity index (χ3n) is 5.01. The molecule has 4 aromatic rings. The van der Waals surface area contributed by atoms with Gasteiger partial charge in [-0.05, 0) is 54.4 Å². The highest BCUT2D eigenvalue weighted by molar-refractivity contribution is 6.06.